The van der Waals surface area contributed by atoms with E-state index >= 15 is 0 Å². The molecule has 58 valence electrons. The Hall–Kier alpha value is -1.19. The van der Waals surface area contributed by atoms with E-state index in [0.717, 1.165) is 11.8 Å². The molecule has 1 aromatic rings. The number of rotatable bonds is 3. The minimum atomic E-state index is 0.152. The van der Waals surface area contributed by atoms with E-state index in [2.05, 4.69) is 4.89 Å². The van der Waals surface area contributed by atoms with Gasteiger partial charge in [0.15, 0.2) is 0 Å². The Labute approximate surface area is 64.2 Å². The van der Waals surface area contributed by atoms with Crippen LogP contribution in [-0.2, 0) is 11.5 Å². The van der Waals surface area contributed by atoms with Gasteiger partial charge in [0.25, 0.3) is 0 Å². The maximum absolute atomic E-state index is 10.2. The Morgan fingerprint density at radius 2 is 2.00 bits per heavy atom. The van der Waals surface area contributed by atoms with Crippen molar-refractivity contribution in [3.63, 3.8) is 0 Å². The second-order valence-electron chi connectivity index (χ2n) is 2.13. The average molecular weight is 152 g/mol. The number of benzene rings is 1. The van der Waals surface area contributed by atoms with E-state index in [9.17, 15) is 4.79 Å². The van der Waals surface area contributed by atoms with Gasteiger partial charge < -0.3 is 0 Å². The maximum atomic E-state index is 10.2. The second-order valence-corrected chi connectivity index (χ2v) is 2.13. The van der Waals surface area contributed by atoms with Crippen molar-refractivity contribution >= 4 is 6.29 Å². The second kappa shape index (κ2) is 3.85. The van der Waals surface area contributed by atoms with Gasteiger partial charge in [-0.3, -0.25) is 10.1 Å². The van der Waals surface area contributed by atoms with Crippen molar-refractivity contribution in [1.82, 2.24) is 0 Å². The van der Waals surface area contributed by atoms with Crippen LogP contribution >= 0.6 is 0 Å². The number of aldehydes is 1. The fourth-order valence-electron chi connectivity index (χ4n) is 0.767. The molecule has 0 aromatic heterocycles. The number of hydrogen-bond donors (Lipinski definition) is 1. The summed E-state index contributed by atoms with van der Waals surface area (Å²) in [5, 5.41) is 8.08. The van der Waals surface area contributed by atoms with Crippen molar-refractivity contribution in [1.29, 1.82) is 0 Å². The van der Waals surface area contributed by atoms with E-state index in [1.165, 1.54) is 0 Å². The van der Waals surface area contributed by atoms with Gasteiger partial charge in [-0.1, -0.05) is 24.3 Å². The van der Waals surface area contributed by atoms with Crippen LogP contribution in [-0.4, -0.2) is 11.5 Å². The highest BCUT2D eigenvalue weighted by Gasteiger charge is 1.92. The highest BCUT2D eigenvalue weighted by Crippen LogP contribution is 2.02. The van der Waals surface area contributed by atoms with Crippen LogP contribution in [0.25, 0.3) is 0 Å². The van der Waals surface area contributed by atoms with Gasteiger partial charge in [-0.25, -0.2) is 4.89 Å². The van der Waals surface area contributed by atoms with Gasteiger partial charge in [0.2, 0.25) is 0 Å². The summed E-state index contributed by atoms with van der Waals surface area (Å²) in [4.78, 5) is 14.1. The Morgan fingerprint density at radius 3 is 2.45 bits per heavy atom. The van der Waals surface area contributed by atoms with E-state index in [1.54, 1.807) is 24.3 Å². The number of carbonyl (C=O) groups excluding carboxylic acids is 1. The molecule has 0 bridgehead atoms. The molecule has 11 heavy (non-hydrogen) atoms. The summed E-state index contributed by atoms with van der Waals surface area (Å²) in [6.45, 7) is 0.152. The number of carbonyl (C=O) groups is 1. The summed E-state index contributed by atoms with van der Waals surface area (Å²) in [5.41, 5.74) is 1.45. The van der Waals surface area contributed by atoms with Gasteiger partial charge in [0.1, 0.15) is 12.9 Å². The van der Waals surface area contributed by atoms with Gasteiger partial charge >= 0.3 is 0 Å². The third-order valence-electron chi connectivity index (χ3n) is 1.35. The lowest BCUT2D eigenvalue weighted by atomic mass is 10.2. The Balaban J connectivity index is 2.74. The summed E-state index contributed by atoms with van der Waals surface area (Å²) in [5.74, 6) is 0. The smallest absolute Gasteiger partial charge is 0.150 e. The van der Waals surface area contributed by atoms with E-state index in [-0.39, 0.29) is 6.61 Å². The van der Waals surface area contributed by atoms with Crippen LogP contribution in [0.5, 0.6) is 0 Å². The minimum absolute atomic E-state index is 0.152. The van der Waals surface area contributed by atoms with Gasteiger partial charge in [-0.15, -0.1) is 0 Å². The lowest BCUT2D eigenvalue weighted by molar-refractivity contribution is -0.253. The molecule has 0 heterocycles. The first-order valence-electron chi connectivity index (χ1n) is 3.17. The Morgan fingerprint density at radius 1 is 1.36 bits per heavy atom. The molecular formula is C8H8O3. The summed E-state index contributed by atoms with van der Waals surface area (Å²) >= 11 is 0. The minimum Gasteiger partial charge on any atom is -0.298 e. The lowest BCUT2D eigenvalue weighted by Crippen LogP contribution is -1.87. The topological polar surface area (TPSA) is 46.5 Å². The Bertz CT molecular complexity index is 228. The standard InChI is InChI=1S/C8H8O3/c9-5-7-1-3-8(4-2-7)6-11-10/h1-5,10H,6H2. The van der Waals surface area contributed by atoms with E-state index in [1.807, 2.05) is 0 Å². The molecule has 0 aliphatic rings. The van der Waals surface area contributed by atoms with E-state index in [0.29, 0.717) is 5.56 Å². The molecule has 0 fully saturated rings. The van der Waals surface area contributed by atoms with Crippen molar-refractivity contribution in [3.8, 4) is 0 Å². The third-order valence-corrected chi connectivity index (χ3v) is 1.35. The highest BCUT2D eigenvalue weighted by molar-refractivity contribution is 5.74. The van der Waals surface area contributed by atoms with E-state index < -0.39 is 0 Å². The van der Waals surface area contributed by atoms with Gasteiger partial charge in [-0.2, -0.15) is 0 Å². The predicted molar refractivity (Wildman–Crippen MR) is 39.2 cm³/mol. The molecule has 1 N–H and O–H groups in total. The van der Waals surface area contributed by atoms with Crippen molar-refractivity contribution in [2.45, 2.75) is 6.61 Å². The van der Waals surface area contributed by atoms with Crippen LogP contribution in [0.2, 0.25) is 0 Å². The molecule has 0 saturated carbocycles. The molecule has 0 saturated heterocycles. The Kier molecular flexibility index (Phi) is 2.77. The first-order chi connectivity index (χ1) is 5.36. The van der Waals surface area contributed by atoms with Crippen molar-refractivity contribution in [2.24, 2.45) is 0 Å². The zero-order valence-electron chi connectivity index (χ0n) is 5.86. The fourth-order valence-corrected chi connectivity index (χ4v) is 0.767. The highest BCUT2D eigenvalue weighted by atomic mass is 17.1. The normalized spacial score (nSPS) is 9.55. The van der Waals surface area contributed by atoms with Crippen LogP contribution in [0.4, 0.5) is 0 Å². The summed E-state index contributed by atoms with van der Waals surface area (Å²) in [6, 6.07) is 6.78. The molecule has 3 nitrogen and oxygen atoms in total. The first-order valence-corrected chi connectivity index (χ1v) is 3.17. The number of hydrogen-bond acceptors (Lipinski definition) is 3. The van der Waals surface area contributed by atoms with Crippen LogP contribution in [0.3, 0.4) is 0 Å². The van der Waals surface area contributed by atoms with E-state index in [4.69, 9.17) is 5.26 Å². The molecule has 0 atom stereocenters. The zero-order valence-corrected chi connectivity index (χ0v) is 5.86. The molecule has 0 aliphatic carbocycles. The van der Waals surface area contributed by atoms with Crippen LogP contribution in [0, 0.1) is 0 Å². The largest absolute Gasteiger partial charge is 0.298 e. The zero-order chi connectivity index (χ0) is 8.10. The summed E-state index contributed by atoms with van der Waals surface area (Å²) < 4.78 is 0. The van der Waals surface area contributed by atoms with Crippen LogP contribution in [0.15, 0.2) is 24.3 Å². The molecule has 3 heteroatoms. The predicted octanol–water partition coefficient (Wildman–Crippen LogP) is 1.49. The van der Waals surface area contributed by atoms with Crippen molar-refractivity contribution in [3.05, 3.63) is 35.4 Å². The van der Waals surface area contributed by atoms with Gasteiger partial charge in [0.05, 0.1) is 0 Å². The van der Waals surface area contributed by atoms with Crippen LogP contribution in [0.1, 0.15) is 15.9 Å². The fraction of sp³-hybridized carbons (Fsp3) is 0.125. The van der Waals surface area contributed by atoms with Crippen molar-refractivity contribution in [2.75, 3.05) is 0 Å². The first kappa shape index (κ1) is 7.91. The van der Waals surface area contributed by atoms with Gasteiger partial charge in [0, 0.05) is 5.56 Å². The molecule has 1 aromatic carbocycles. The molecule has 0 aliphatic heterocycles. The van der Waals surface area contributed by atoms with Crippen LogP contribution < -0.4 is 0 Å². The molecule has 1 rings (SSSR count). The summed E-state index contributed by atoms with van der Waals surface area (Å²) in [6.07, 6.45) is 0.767. The monoisotopic (exact) mass is 152 g/mol. The summed E-state index contributed by atoms with van der Waals surface area (Å²) in [7, 11) is 0. The van der Waals surface area contributed by atoms with Crippen molar-refractivity contribution < 1.29 is 14.9 Å². The molecular weight excluding hydrogens is 144 g/mol. The quantitative estimate of drug-likeness (QED) is 0.405. The SMILES string of the molecule is O=Cc1ccc(COO)cc1. The lowest BCUT2D eigenvalue weighted by Gasteiger charge is -1.96. The molecule has 0 radical (unpaired) electrons. The average Bonchev–Trinajstić information content (AvgIpc) is 2.07. The third kappa shape index (κ3) is 2.14. The molecule has 0 amide bonds. The van der Waals surface area contributed by atoms with Gasteiger partial charge in [-0.05, 0) is 5.56 Å². The molecule has 0 unspecified atom stereocenters. The molecule has 0 spiro atoms. The maximum Gasteiger partial charge on any atom is 0.150 e.